The highest BCUT2D eigenvalue weighted by atomic mass is 16.6. The Morgan fingerprint density at radius 2 is 2.26 bits per heavy atom. The summed E-state index contributed by atoms with van der Waals surface area (Å²) in [6, 6.07) is 8.60. The van der Waals surface area contributed by atoms with E-state index in [0.717, 1.165) is 6.07 Å². The second kappa shape index (κ2) is 7.09. The van der Waals surface area contributed by atoms with Gasteiger partial charge in [-0.1, -0.05) is 0 Å². The summed E-state index contributed by atoms with van der Waals surface area (Å²) in [5, 5.41) is 25.3. The maximum Gasteiger partial charge on any atom is 0.293 e. The van der Waals surface area contributed by atoms with Crippen molar-refractivity contribution in [3.05, 3.63) is 58.0 Å². The van der Waals surface area contributed by atoms with Gasteiger partial charge < -0.3 is 15.1 Å². The van der Waals surface area contributed by atoms with E-state index in [1.54, 1.807) is 19.1 Å². The van der Waals surface area contributed by atoms with Crippen LogP contribution in [0.1, 0.15) is 18.2 Å². The standard InChI is InChI=1S/C15H14N4O4/c1-10(15(20)17-9-12-3-2-6-23-12)18-13-5-4-11(8-16)7-14(13)19(21)22/h2-7,10,18H,9H2,1H3,(H,17,20). The molecule has 0 aliphatic carbocycles. The molecule has 2 aromatic rings. The second-order valence-electron chi connectivity index (χ2n) is 4.76. The molecule has 2 N–H and O–H groups in total. The molecule has 0 saturated heterocycles. The third-order valence-corrected chi connectivity index (χ3v) is 3.11. The summed E-state index contributed by atoms with van der Waals surface area (Å²) in [5.74, 6) is 0.273. The van der Waals surface area contributed by atoms with Gasteiger partial charge in [0.2, 0.25) is 5.91 Å². The van der Waals surface area contributed by atoms with E-state index >= 15 is 0 Å². The third kappa shape index (κ3) is 4.07. The number of anilines is 1. The predicted octanol–water partition coefficient (Wildman–Crippen LogP) is 2.18. The van der Waals surface area contributed by atoms with Crippen molar-refractivity contribution in [3.8, 4) is 6.07 Å². The van der Waals surface area contributed by atoms with E-state index in [-0.39, 0.29) is 29.4 Å². The van der Waals surface area contributed by atoms with Crippen LogP contribution in [0.2, 0.25) is 0 Å². The lowest BCUT2D eigenvalue weighted by Gasteiger charge is -2.15. The Balaban J connectivity index is 2.04. The molecule has 0 aliphatic rings. The summed E-state index contributed by atoms with van der Waals surface area (Å²) in [6.07, 6.45) is 1.50. The first kappa shape index (κ1) is 16.0. The van der Waals surface area contributed by atoms with Crippen LogP contribution in [-0.4, -0.2) is 16.9 Å². The maximum absolute atomic E-state index is 12.0. The van der Waals surface area contributed by atoms with E-state index in [1.165, 1.54) is 18.4 Å². The number of hydrogen-bond acceptors (Lipinski definition) is 6. The molecule has 0 saturated carbocycles. The van der Waals surface area contributed by atoms with E-state index in [0.29, 0.717) is 5.76 Å². The highest BCUT2D eigenvalue weighted by Crippen LogP contribution is 2.26. The number of nitro benzene ring substituents is 1. The van der Waals surface area contributed by atoms with Crippen LogP contribution < -0.4 is 10.6 Å². The molecule has 0 aliphatic heterocycles. The van der Waals surface area contributed by atoms with Gasteiger partial charge in [0, 0.05) is 6.07 Å². The van der Waals surface area contributed by atoms with Gasteiger partial charge in [-0.05, 0) is 31.2 Å². The Bertz CT molecular complexity index is 749. The van der Waals surface area contributed by atoms with Crippen molar-refractivity contribution in [1.82, 2.24) is 5.32 Å². The average Bonchev–Trinajstić information content (AvgIpc) is 3.06. The van der Waals surface area contributed by atoms with Gasteiger partial charge in [0.15, 0.2) is 0 Å². The minimum absolute atomic E-state index is 0.176. The minimum Gasteiger partial charge on any atom is -0.467 e. The van der Waals surface area contributed by atoms with Gasteiger partial charge in [-0.2, -0.15) is 5.26 Å². The molecule has 1 heterocycles. The zero-order valence-corrected chi connectivity index (χ0v) is 12.3. The van der Waals surface area contributed by atoms with E-state index in [4.69, 9.17) is 9.68 Å². The molecular weight excluding hydrogens is 300 g/mol. The van der Waals surface area contributed by atoms with Gasteiger partial charge in [0.1, 0.15) is 17.5 Å². The number of nitrogens with zero attached hydrogens (tertiary/aromatic N) is 2. The Kier molecular flexibility index (Phi) is 4.94. The Morgan fingerprint density at radius 1 is 1.48 bits per heavy atom. The predicted molar refractivity (Wildman–Crippen MR) is 81.5 cm³/mol. The van der Waals surface area contributed by atoms with Crippen molar-refractivity contribution >= 4 is 17.3 Å². The fraction of sp³-hybridized carbons (Fsp3) is 0.200. The van der Waals surface area contributed by atoms with Crippen molar-refractivity contribution in [2.75, 3.05) is 5.32 Å². The molecule has 1 unspecified atom stereocenters. The molecule has 8 heteroatoms. The van der Waals surface area contributed by atoms with E-state index in [1.807, 2.05) is 6.07 Å². The SMILES string of the molecule is CC(Nc1ccc(C#N)cc1[N+](=O)[O-])C(=O)NCc1ccco1. The van der Waals surface area contributed by atoms with E-state index in [2.05, 4.69) is 10.6 Å². The fourth-order valence-electron chi connectivity index (χ4n) is 1.91. The number of nitriles is 1. The van der Waals surface area contributed by atoms with Crippen LogP contribution in [0, 0.1) is 21.4 Å². The summed E-state index contributed by atoms with van der Waals surface area (Å²) in [6.45, 7) is 1.81. The first-order chi connectivity index (χ1) is 11.0. The van der Waals surface area contributed by atoms with E-state index < -0.39 is 11.0 Å². The number of amides is 1. The topological polar surface area (TPSA) is 121 Å². The minimum atomic E-state index is -0.698. The lowest BCUT2D eigenvalue weighted by molar-refractivity contribution is -0.384. The third-order valence-electron chi connectivity index (χ3n) is 3.11. The van der Waals surface area contributed by atoms with Crippen LogP contribution in [-0.2, 0) is 11.3 Å². The number of furan rings is 1. The number of hydrogen-bond donors (Lipinski definition) is 2. The number of nitro groups is 1. The van der Waals surface area contributed by atoms with Crippen molar-refractivity contribution < 1.29 is 14.1 Å². The molecule has 8 nitrogen and oxygen atoms in total. The monoisotopic (exact) mass is 314 g/mol. The fourth-order valence-corrected chi connectivity index (χ4v) is 1.91. The van der Waals surface area contributed by atoms with Crippen LogP contribution in [0.5, 0.6) is 0 Å². The van der Waals surface area contributed by atoms with E-state index in [9.17, 15) is 14.9 Å². The van der Waals surface area contributed by atoms with Crippen molar-refractivity contribution in [2.24, 2.45) is 0 Å². The van der Waals surface area contributed by atoms with Gasteiger partial charge in [-0.15, -0.1) is 0 Å². The van der Waals surface area contributed by atoms with Crippen LogP contribution >= 0.6 is 0 Å². The average molecular weight is 314 g/mol. The molecule has 0 radical (unpaired) electrons. The first-order valence-corrected chi connectivity index (χ1v) is 6.76. The van der Waals surface area contributed by atoms with Crippen LogP contribution in [0.15, 0.2) is 41.0 Å². The van der Waals surface area contributed by atoms with Crippen LogP contribution in [0.3, 0.4) is 0 Å². The largest absolute Gasteiger partial charge is 0.467 e. The number of benzene rings is 1. The van der Waals surface area contributed by atoms with Crippen molar-refractivity contribution in [2.45, 2.75) is 19.5 Å². The lowest BCUT2D eigenvalue weighted by Crippen LogP contribution is -2.37. The number of carbonyl (C=O) groups excluding carboxylic acids is 1. The Labute approximate surface area is 131 Å². The molecule has 118 valence electrons. The number of rotatable bonds is 6. The normalized spacial score (nSPS) is 11.3. The summed E-state index contributed by atoms with van der Waals surface area (Å²) in [5.41, 5.74) is 0.0987. The molecule has 0 bridgehead atoms. The second-order valence-corrected chi connectivity index (χ2v) is 4.76. The molecule has 1 aromatic heterocycles. The highest BCUT2D eigenvalue weighted by Gasteiger charge is 2.19. The van der Waals surface area contributed by atoms with Crippen LogP contribution in [0.25, 0.3) is 0 Å². The smallest absolute Gasteiger partial charge is 0.293 e. The van der Waals surface area contributed by atoms with Gasteiger partial charge in [-0.3, -0.25) is 14.9 Å². The first-order valence-electron chi connectivity index (χ1n) is 6.76. The maximum atomic E-state index is 12.0. The molecular formula is C15H14N4O4. The van der Waals surface area contributed by atoms with Gasteiger partial charge in [-0.25, -0.2) is 0 Å². The van der Waals surface area contributed by atoms with Crippen LogP contribution in [0.4, 0.5) is 11.4 Å². The molecule has 1 atom stereocenters. The molecule has 1 amide bonds. The summed E-state index contributed by atoms with van der Waals surface area (Å²) >= 11 is 0. The highest BCUT2D eigenvalue weighted by molar-refractivity contribution is 5.85. The number of nitrogens with one attached hydrogen (secondary N) is 2. The molecule has 23 heavy (non-hydrogen) atoms. The summed E-state index contributed by atoms with van der Waals surface area (Å²) in [7, 11) is 0. The molecule has 2 rings (SSSR count). The number of carbonyl (C=O) groups is 1. The van der Waals surface area contributed by atoms with Crippen molar-refractivity contribution in [1.29, 1.82) is 5.26 Å². The Hall–Kier alpha value is -3.34. The molecule has 0 spiro atoms. The summed E-state index contributed by atoms with van der Waals surface area (Å²) < 4.78 is 5.10. The van der Waals surface area contributed by atoms with Gasteiger partial charge in [0.25, 0.3) is 5.69 Å². The molecule has 0 fully saturated rings. The van der Waals surface area contributed by atoms with Crippen molar-refractivity contribution in [3.63, 3.8) is 0 Å². The molecule has 1 aromatic carbocycles. The Morgan fingerprint density at radius 3 is 2.87 bits per heavy atom. The quantitative estimate of drug-likeness (QED) is 0.622. The zero-order chi connectivity index (χ0) is 16.8. The summed E-state index contributed by atoms with van der Waals surface area (Å²) in [4.78, 5) is 22.5. The van der Waals surface area contributed by atoms with Gasteiger partial charge in [0.05, 0.1) is 29.4 Å². The van der Waals surface area contributed by atoms with Gasteiger partial charge >= 0.3 is 0 Å². The lowest BCUT2D eigenvalue weighted by atomic mass is 10.1. The zero-order valence-electron chi connectivity index (χ0n) is 12.3.